The smallest absolute Gasteiger partial charge is 0.355 e. The Labute approximate surface area is 145 Å². The second-order valence-electron chi connectivity index (χ2n) is 6.13. The van der Waals surface area contributed by atoms with Gasteiger partial charge in [0.15, 0.2) is 0 Å². The maximum absolute atomic E-state index is 12.3. The molecule has 24 heavy (non-hydrogen) atoms. The summed E-state index contributed by atoms with van der Waals surface area (Å²) >= 11 is 1.37. The van der Waals surface area contributed by atoms with Gasteiger partial charge in [0.2, 0.25) is 5.88 Å². The molecular formula is C19H20N2O2S. The lowest BCUT2D eigenvalue weighted by Gasteiger charge is -2.10. The molecule has 2 aromatic heterocycles. The molecule has 0 aliphatic carbocycles. The van der Waals surface area contributed by atoms with Crippen molar-refractivity contribution in [2.75, 3.05) is 0 Å². The van der Waals surface area contributed by atoms with Crippen LogP contribution in [-0.4, -0.2) is 15.7 Å². The van der Waals surface area contributed by atoms with E-state index in [1.165, 1.54) is 16.9 Å². The molecule has 0 atom stereocenters. The highest BCUT2D eigenvalue weighted by Gasteiger charge is 2.18. The highest BCUT2D eigenvalue weighted by molar-refractivity contribution is 7.12. The lowest BCUT2D eigenvalue weighted by molar-refractivity contribution is 0.0728. The van der Waals surface area contributed by atoms with Crippen LogP contribution in [0.3, 0.4) is 0 Å². The Morgan fingerprint density at radius 2 is 2.00 bits per heavy atom. The summed E-state index contributed by atoms with van der Waals surface area (Å²) in [5.41, 5.74) is 4.08. The van der Waals surface area contributed by atoms with E-state index in [9.17, 15) is 4.79 Å². The van der Waals surface area contributed by atoms with Crippen molar-refractivity contribution in [2.24, 2.45) is 0 Å². The van der Waals surface area contributed by atoms with E-state index in [0.717, 1.165) is 16.9 Å². The van der Waals surface area contributed by atoms with Gasteiger partial charge >= 0.3 is 5.97 Å². The number of thiophene rings is 1. The molecule has 3 aromatic rings. The van der Waals surface area contributed by atoms with Crippen LogP contribution in [0.2, 0.25) is 0 Å². The Morgan fingerprint density at radius 3 is 2.62 bits per heavy atom. The first-order valence-electron chi connectivity index (χ1n) is 7.89. The van der Waals surface area contributed by atoms with Crippen LogP contribution < -0.4 is 4.74 Å². The molecule has 124 valence electrons. The third-order valence-corrected chi connectivity index (χ3v) is 4.64. The number of carbonyl (C=O) groups is 1. The first kappa shape index (κ1) is 16.5. The van der Waals surface area contributed by atoms with Crippen molar-refractivity contribution >= 4 is 17.3 Å². The summed E-state index contributed by atoms with van der Waals surface area (Å²) in [6.45, 7) is 8.22. The predicted octanol–water partition coefficient (Wildman–Crippen LogP) is 4.89. The zero-order valence-electron chi connectivity index (χ0n) is 14.2. The molecule has 0 fully saturated rings. The summed E-state index contributed by atoms with van der Waals surface area (Å²) in [6.07, 6.45) is 0. The Hall–Kier alpha value is -2.40. The summed E-state index contributed by atoms with van der Waals surface area (Å²) in [5, 5.41) is 6.51. The molecular weight excluding hydrogens is 320 g/mol. The van der Waals surface area contributed by atoms with E-state index in [1.54, 1.807) is 10.7 Å². The van der Waals surface area contributed by atoms with Crippen molar-refractivity contribution in [2.45, 2.75) is 33.6 Å². The minimum absolute atomic E-state index is 0.246. The standard InChI is InChI=1S/C19H20N2O2S/c1-12(2)15-11-18(23-19(22)17-6-5-9-24-17)21(20-15)16-8-7-13(3)10-14(16)4/h5-12H,1-4H3. The average Bonchev–Trinajstić information content (AvgIpc) is 3.17. The maximum atomic E-state index is 12.3. The fraction of sp³-hybridized carbons (Fsp3) is 0.263. The third-order valence-electron chi connectivity index (χ3n) is 3.79. The van der Waals surface area contributed by atoms with Gasteiger partial charge in [0.1, 0.15) is 4.88 Å². The Balaban J connectivity index is 2.03. The fourth-order valence-electron chi connectivity index (χ4n) is 2.49. The van der Waals surface area contributed by atoms with E-state index >= 15 is 0 Å². The number of ether oxygens (including phenoxy) is 1. The fourth-order valence-corrected chi connectivity index (χ4v) is 3.09. The zero-order chi connectivity index (χ0) is 17.3. The molecule has 0 aliphatic rings. The molecule has 0 unspecified atom stereocenters. The van der Waals surface area contributed by atoms with Gasteiger partial charge < -0.3 is 4.74 Å². The molecule has 0 spiro atoms. The molecule has 5 heteroatoms. The number of carbonyl (C=O) groups excluding carboxylic acids is 1. The maximum Gasteiger partial charge on any atom is 0.355 e. The van der Waals surface area contributed by atoms with E-state index in [-0.39, 0.29) is 11.9 Å². The van der Waals surface area contributed by atoms with Crippen LogP contribution >= 0.6 is 11.3 Å². The quantitative estimate of drug-likeness (QED) is 0.635. The lowest BCUT2D eigenvalue weighted by Crippen LogP contribution is -2.11. The largest absolute Gasteiger partial charge is 0.403 e. The number of esters is 1. The number of aryl methyl sites for hydroxylation is 2. The number of nitrogens with zero attached hydrogens (tertiary/aromatic N) is 2. The van der Waals surface area contributed by atoms with Crippen LogP contribution in [0, 0.1) is 13.8 Å². The number of hydrogen-bond donors (Lipinski definition) is 0. The lowest BCUT2D eigenvalue weighted by atomic mass is 10.1. The van der Waals surface area contributed by atoms with Gasteiger partial charge in [-0.1, -0.05) is 37.6 Å². The van der Waals surface area contributed by atoms with E-state index in [2.05, 4.69) is 31.9 Å². The van der Waals surface area contributed by atoms with Crippen molar-refractivity contribution in [3.8, 4) is 11.6 Å². The van der Waals surface area contributed by atoms with Crippen LogP contribution in [0.4, 0.5) is 0 Å². The minimum atomic E-state index is -0.355. The average molecular weight is 340 g/mol. The molecule has 0 saturated carbocycles. The van der Waals surface area contributed by atoms with Crippen molar-refractivity contribution in [3.05, 3.63) is 63.5 Å². The van der Waals surface area contributed by atoms with Gasteiger partial charge in [-0.3, -0.25) is 0 Å². The topological polar surface area (TPSA) is 44.1 Å². The molecule has 0 radical (unpaired) electrons. The summed E-state index contributed by atoms with van der Waals surface area (Å²) in [4.78, 5) is 12.9. The molecule has 0 amide bonds. The molecule has 0 saturated heterocycles. The predicted molar refractivity (Wildman–Crippen MR) is 96.4 cm³/mol. The van der Waals surface area contributed by atoms with E-state index in [4.69, 9.17) is 4.74 Å². The summed E-state index contributed by atoms with van der Waals surface area (Å²) in [6, 6.07) is 11.6. The van der Waals surface area contributed by atoms with Crippen LogP contribution in [0.1, 0.15) is 46.3 Å². The van der Waals surface area contributed by atoms with Gasteiger partial charge in [-0.25, -0.2) is 9.48 Å². The molecule has 1 aromatic carbocycles. The third kappa shape index (κ3) is 3.26. The van der Waals surface area contributed by atoms with Gasteiger partial charge in [-0.05, 0) is 42.8 Å². The summed E-state index contributed by atoms with van der Waals surface area (Å²) in [5.74, 6) is 0.339. The summed E-state index contributed by atoms with van der Waals surface area (Å²) < 4.78 is 7.35. The Morgan fingerprint density at radius 1 is 1.21 bits per heavy atom. The first-order chi connectivity index (χ1) is 11.5. The van der Waals surface area contributed by atoms with Gasteiger partial charge in [0.25, 0.3) is 0 Å². The summed E-state index contributed by atoms with van der Waals surface area (Å²) in [7, 11) is 0. The van der Waals surface area contributed by atoms with Crippen molar-refractivity contribution in [3.63, 3.8) is 0 Å². The normalized spacial score (nSPS) is 11.0. The highest BCUT2D eigenvalue weighted by Crippen LogP contribution is 2.27. The minimum Gasteiger partial charge on any atom is -0.403 e. The van der Waals surface area contributed by atoms with Gasteiger partial charge in [-0.15, -0.1) is 11.3 Å². The monoisotopic (exact) mass is 340 g/mol. The van der Waals surface area contributed by atoms with Crippen molar-refractivity contribution in [1.29, 1.82) is 0 Å². The van der Waals surface area contributed by atoms with Crippen LogP contribution in [0.5, 0.6) is 5.88 Å². The highest BCUT2D eigenvalue weighted by atomic mass is 32.1. The Bertz CT molecular complexity index is 864. The van der Waals surface area contributed by atoms with E-state index in [1.807, 2.05) is 36.6 Å². The van der Waals surface area contributed by atoms with Crippen LogP contribution in [0.25, 0.3) is 5.69 Å². The van der Waals surface area contributed by atoms with E-state index in [0.29, 0.717) is 10.8 Å². The molecule has 2 heterocycles. The number of rotatable bonds is 4. The second kappa shape index (κ2) is 6.61. The molecule has 0 aliphatic heterocycles. The molecule has 0 bridgehead atoms. The van der Waals surface area contributed by atoms with Crippen LogP contribution in [-0.2, 0) is 0 Å². The van der Waals surface area contributed by atoms with Crippen molar-refractivity contribution < 1.29 is 9.53 Å². The van der Waals surface area contributed by atoms with Gasteiger partial charge in [0.05, 0.1) is 11.4 Å². The number of aromatic nitrogens is 2. The van der Waals surface area contributed by atoms with Gasteiger partial charge in [-0.2, -0.15) is 5.10 Å². The molecule has 0 N–H and O–H groups in total. The number of hydrogen-bond acceptors (Lipinski definition) is 4. The van der Waals surface area contributed by atoms with E-state index < -0.39 is 0 Å². The SMILES string of the molecule is Cc1ccc(-n2nc(C(C)C)cc2OC(=O)c2cccs2)c(C)c1. The Kier molecular flexibility index (Phi) is 4.53. The molecule has 3 rings (SSSR count). The zero-order valence-corrected chi connectivity index (χ0v) is 15.1. The van der Waals surface area contributed by atoms with Gasteiger partial charge in [0, 0.05) is 6.07 Å². The molecule has 4 nitrogen and oxygen atoms in total. The number of benzene rings is 1. The van der Waals surface area contributed by atoms with Crippen molar-refractivity contribution in [1.82, 2.24) is 9.78 Å². The first-order valence-corrected chi connectivity index (χ1v) is 8.77. The second-order valence-corrected chi connectivity index (χ2v) is 7.08. The van der Waals surface area contributed by atoms with Crippen LogP contribution in [0.15, 0.2) is 41.8 Å².